The molecule has 1 fully saturated rings. The van der Waals surface area contributed by atoms with Crippen LogP contribution < -0.4 is 16.0 Å². The van der Waals surface area contributed by atoms with Gasteiger partial charge in [-0.2, -0.15) is 0 Å². The van der Waals surface area contributed by atoms with Crippen LogP contribution >= 0.6 is 0 Å². The molecule has 3 amide bonds. The number of rotatable bonds is 9. The van der Waals surface area contributed by atoms with Crippen LogP contribution in [0.5, 0.6) is 0 Å². The van der Waals surface area contributed by atoms with Gasteiger partial charge < -0.3 is 25.1 Å². The second-order valence-electron chi connectivity index (χ2n) is 6.71. The van der Waals surface area contributed by atoms with Crippen molar-refractivity contribution in [3.05, 3.63) is 47.9 Å². The molecular weight excluding hydrogens is 346 g/mol. The number of urea groups is 1. The standard InChI is InChI=1S/C20H25N3O4/c1-14-12-16(7-8-17(14)23-19(24)18-4-2-11-27-18)22-20(25)21-9-3-10-26-13-15-5-6-15/h2,4,7-8,11-12,15H,3,5-6,9-10,13H2,1H3,(H,23,24)(H2,21,22,25). The molecule has 1 aromatic heterocycles. The van der Waals surface area contributed by atoms with Gasteiger partial charge in [-0.25, -0.2) is 4.79 Å². The van der Waals surface area contributed by atoms with Gasteiger partial charge in [-0.1, -0.05) is 0 Å². The number of furan rings is 1. The van der Waals surface area contributed by atoms with E-state index in [4.69, 9.17) is 9.15 Å². The topological polar surface area (TPSA) is 92.6 Å². The Morgan fingerprint density at radius 3 is 2.78 bits per heavy atom. The Morgan fingerprint density at radius 1 is 1.22 bits per heavy atom. The molecule has 0 atom stereocenters. The summed E-state index contributed by atoms with van der Waals surface area (Å²) < 4.78 is 10.6. The quantitative estimate of drug-likeness (QED) is 0.585. The Bertz CT molecular complexity index is 770. The Kier molecular flexibility index (Phi) is 6.49. The van der Waals surface area contributed by atoms with Crippen molar-refractivity contribution in [1.82, 2.24) is 5.32 Å². The molecule has 3 rings (SSSR count). The van der Waals surface area contributed by atoms with Gasteiger partial charge in [0.1, 0.15) is 0 Å². The lowest BCUT2D eigenvalue weighted by Gasteiger charge is -2.11. The Hall–Kier alpha value is -2.80. The lowest BCUT2D eigenvalue weighted by molar-refractivity contribution is 0.0996. The van der Waals surface area contributed by atoms with E-state index in [-0.39, 0.29) is 17.7 Å². The highest BCUT2D eigenvalue weighted by molar-refractivity contribution is 6.02. The predicted octanol–water partition coefficient (Wildman–Crippen LogP) is 3.78. The molecule has 0 unspecified atom stereocenters. The van der Waals surface area contributed by atoms with E-state index in [1.165, 1.54) is 19.1 Å². The van der Waals surface area contributed by atoms with E-state index in [1.54, 1.807) is 30.3 Å². The molecule has 144 valence electrons. The molecule has 1 heterocycles. The first-order chi connectivity index (χ1) is 13.1. The summed E-state index contributed by atoms with van der Waals surface area (Å²) in [5.41, 5.74) is 2.15. The van der Waals surface area contributed by atoms with Crippen molar-refractivity contribution < 1.29 is 18.7 Å². The number of hydrogen-bond acceptors (Lipinski definition) is 4. The summed E-state index contributed by atoms with van der Waals surface area (Å²) in [6, 6.07) is 8.29. The van der Waals surface area contributed by atoms with Crippen LogP contribution in [0.2, 0.25) is 0 Å². The van der Waals surface area contributed by atoms with Gasteiger partial charge in [-0.15, -0.1) is 0 Å². The number of carbonyl (C=O) groups excluding carboxylic acids is 2. The van der Waals surface area contributed by atoms with E-state index in [0.29, 0.717) is 24.5 Å². The normalized spacial score (nSPS) is 13.2. The van der Waals surface area contributed by atoms with Gasteiger partial charge in [0.25, 0.3) is 5.91 Å². The van der Waals surface area contributed by atoms with Crippen molar-refractivity contribution in [3.8, 4) is 0 Å². The second-order valence-corrected chi connectivity index (χ2v) is 6.71. The van der Waals surface area contributed by atoms with Crippen LogP contribution in [0.4, 0.5) is 16.2 Å². The summed E-state index contributed by atoms with van der Waals surface area (Å²) in [4.78, 5) is 24.0. The number of carbonyl (C=O) groups is 2. The fourth-order valence-corrected chi connectivity index (χ4v) is 2.56. The van der Waals surface area contributed by atoms with Gasteiger partial charge in [0.05, 0.1) is 6.26 Å². The van der Waals surface area contributed by atoms with Crippen molar-refractivity contribution in [2.24, 2.45) is 5.92 Å². The van der Waals surface area contributed by atoms with Crippen molar-refractivity contribution >= 4 is 23.3 Å². The average Bonchev–Trinajstić information content (AvgIpc) is 3.30. The molecule has 0 saturated heterocycles. The molecular formula is C20H25N3O4. The maximum Gasteiger partial charge on any atom is 0.319 e. The molecule has 2 aromatic rings. The first kappa shape index (κ1) is 19.0. The summed E-state index contributed by atoms with van der Waals surface area (Å²) in [5.74, 6) is 0.693. The number of anilines is 2. The maximum absolute atomic E-state index is 12.0. The Morgan fingerprint density at radius 2 is 2.07 bits per heavy atom. The molecule has 1 aliphatic carbocycles. The van der Waals surface area contributed by atoms with Crippen molar-refractivity contribution in [2.75, 3.05) is 30.4 Å². The third-order valence-electron chi connectivity index (χ3n) is 4.28. The van der Waals surface area contributed by atoms with Crippen LogP contribution in [0.25, 0.3) is 0 Å². The van der Waals surface area contributed by atoms with E-state index in [1.807, 2.05) is 6.92 Å². The molecule has 3 N–H and O–H groups in total. The molecule has 7 heteroatoms. The highest BCUT2D eigenvalue weighted by Gasteiger charge is 2.20. The van der Waals surface area contributed by atoms with Gasteiger partial charge in [0.2, 0.25) is 0 Å². The van der Waals surface area contributed by atoms with Crippen molar-refractivity contribution in [2.45, 2.75) is 26.2 Å². The molecule has 1 saturated carbocycles. The minimum atomic E-state index is -0.314. The summed E-state index contributed by atoms with van der Waals surface area (Å²) in [6.07, 6.45) is 4.81. The molecule has 0 bridgehead atoms. The van der Waals surface area contributed by atoms with E-state index in [2.05, 4.69) is 16.0 Å². The zero-order valence-electron chi connectivity index (χ0n) is 15.4. The maximum atomic E-state index is 12.0. The second kappa shape index (κ2) is 9.23. The molecule has 0 radical (unpaired) electrons. The van der Waals surface area contributed by atoms with Gasteiger partial charge in [0.15, 0.2) is 5.76 Å². The van der Waals surface area contributed by atoms with Gasteiger partial charge in [-0.05, 0) is 68.0 Å². The number of amides is 3. The molecule has 7 nitrogen and oxygen atoms in total. The van der Waals surface area contributed by atoms with Gasteiger partial charge >= 0.3 is 6.03 Å². The van der Waals surface area contributed by atoms with Gasteiger partial charge in [0, 0.05) is 31.1 Å². The summed E-state index contributed by atoms with van der Waals surface area (Å²) in [5, 5.41) is 8.38. The zero-order valence-corrected chi connectivity index (χ0v) is 15.4. The first-order valence-electron chi connectivity index (χ1n) is 9.20. The fourth-order valence-electron chi connectivity index (χ4n) is 2.56. The highest BCUT2D eigenvalue weighted by Crippen LogP contribution is 2.28. The van der Waals surface area contributed by atoms with Crippen molar-refractivity contribution in [1.29, 1.82) is 0 Å². The lowest BCUT2D eigenvalue weighted by Crippen LogP contribution is -2.30. The van der Waals surface area contributed by atoms with Crippen LogP contribution in [0.3, 0.4) is 0 Å². The van der Waals surface area contributed by atoms with E-state index < -0.39 is 0 Å². The number of benzene rings is 1. The smallest absolute Gasteiger partial charge is 0.319 e. The zero-order chi connectivity index (χ0) is 19.1. The molecule has 0 spiro atoms. The molecule has 1 aromatic carbocycles. The van der Waals surface area contributed by atoms with Crippen LogP contribution in [-0.4, -0.2) is 31.7 Å². The summed E-state index contributed by atoms with van der Waals surface area (Å²) in [6.45, 7) is 3.93. The van der Waals surface area contributed by atoms with Crippen LogP contribution in [-0.2, 0) is 4.74 Å². The Labute approximate surface area is 158 Å². The lowest BCUT2D eigenvalue weighted by atomic mass is 10.1. The number of nitrogens with one attached hydrogen (secondary N) is 3. The number of hydrogen-bond donors (Lipinski definition) is 3. The first-order valence-corrected chi connectivity index (χ1v) is 9.20. The fraction of sp³-hybridized carbons (Fsp3) is 0.400. The highest BCUT2D eigenvalue weighted by atomic mass is 16.5. The Balaban J connectivity index is 1.39. The third-order valence-corrected chi connectivity index (χ3v) is 4.28. The van der Waals surface area contributed by atoms with Gasteiger partial charge in [-0.3, -0.25) is 4.79 Å². The van der Waals surface area contributed by atoms with E-state index >= 15 is 0 Å². The average molecular weight is 371 g/mol. The van der Waals surface area contributed by atoms with Crippen molar-refractivity contribution in [3.63, 3.8) is 0 Å². The minimum Gasteiger partial charge on any atom is -0.459 e. The predicted molar refractivity (Wildman–Crippen MR) is 103 cm³/mol. The summed E-state index contributed by atoms with van der Waals surface area (Å²) in [7, 11) is 0. The van der Waals surface area contributed by atoms with E-state index in [0.717, 1.165) is 24.5 Å². The van der Waals surface area contributed by atoms with Crippen LogP contribution in [0.1, 0.15) is 35.4 Å². The minimum absolute atomic E-state index is 0.247. The van der Waals surface area contributed by atoms with Crippen LogP contribution in [0, 0.1) is 12.8 Å². The molecule has 27 heavy (non-hydrogen) atoms. The largest absolute Gasteiger partial charge is 0.459 e. The third kappa shape index (κ3) is 6.14. The van der Waals surface area contributed by atoms with Crippen LogP contribution in [0.15, 0.2) is 41.0 Å². The number of ether oxygens (including phenoxy) is 1. The monoisotopic (exact) mass is 371 g/mol. The number of aryl methyl sites for hydroxylation is 1. The summed E-state index contributed by atoms with van der Waals surface area (Å²) >= 11 is 0. The molecule has 0 aliphatic heterocycles. The van der Waals surface area contributed by atoms with E-state index in [9.17, 15) is 9.59 Å². The SMILES string of the molecule is Cc1cc(NC(=O)NCCCOCC2CC2)ccc1NC(=O)c1ccco1. The molecule has 1 aliphatic rings.